The van der Waals surface area contributed by atoms with Crippen LogP contribution in [-0.2, 0) is 16.0 Å². The van der Waals surface area contributed by atoms with Gasteiger partial charge >= 0.3 is 0 Å². The highest BCUT2D eigenvalue weighted by Crippen LogP contribution is 2.21. The molecule has 2 fully saturated rings. The number of rotatable bonds is 3. The summed E-state index contributed by atoms with van der Waals surface area (Å²) in [6, 6.07) is 8.77. The fourth-order valence-electron chi connectivity index (χ4n) is 3.18. The molecule has 0 spiro atoms. The van der Waals surface area contributed by atoms with E-state index in [9.17, 15) is 9.59 Å². The molecular weight excluding hydrogens is 278 g/mol. The van der Waals surface area contributed by atoms with Crippen molar-refractivity contribution in [3.05, 3.63) is 29.8 Å². The van der Waals surface area contributed by atoms with Crippen LogP contribution in [0.15, 0.2) is 24.3 Å². The Balaban J connectivity index is 1.70. The van der Waals surface area contributed by atoms with Gasteiger partial charge in [-0.25, -0.2) is 0 Å². The van der Waals surface area contributed by atoms with Crippen LogP contribution in [0.3, 0.4) is 0 Å². The Bertz CT molecular complexity index is 549. The van der Waals surface area contributed by atoms with E-state index in [1.54, 1.807) is 7.05 Å². The predicted octanol–water partition coefficient (Wildman–Crippen LogP) is 1.18. The SMILES string of the molecule is CN1C(=O)CN(c2cccc(CC3CCCCN3)c2)CC1=O. The number of nitrogens with zero attached hydrogens (tertiary/aromatic N) is 2. The summed E-state index contributed by atoms with van der Waals surface area (Å²) < 4.78 is 0. The number of likely N-dealkylation sites (N-methyl/N-ethyl adjacent to an activating group) is 1. The average Bonchev–Trinajstić information content (AvgIpc) is 2.53. The van der Waals surface area contributed by atoms with Crippen LogP contribution in [0.4, 0.5) is 5.69 Å². The number of amides is 2. The van der Waals surface area contributed by atoms with Crippen LogP contribution < -0.4 is 10.2 Å². The van der Waals surface area contributed by atoms with Crippen LogP contribution >= 0.6 is 0 Å². The fraction of sp³-hybridized carbons (Fsp3) is 0.529. The van der Waals surface area contributed by atoms with Gasteiger partial charge in [0.25, 0.3) is 0 Å². The molecule has 0 aliphatic carbocycles. The summed E-state index contributed by atoms with van der Waals surface area (Å²) >= 11 is 0. The van der Waals surface area contributed by atoms with Crippen LogP contribution in [0, 0.1) is 0 Å². The van der Waals surface area contributed by atoms with E-state index in [1.807, 2.05) is 17.0 Å². The third kappa shape index (κ3) is 3.30. The van der Waals surface area contributed by atoms with Gasteiger partial charge in [0.15, 0.2) is 0 Å². The number of carbonyl (C=O) groups excluding carboxylic acids is 2. The van der Waals surface area contributed by atoms with Gasteiger partial charge in [-0.15, -0.1) is 0 Å². The summed E-state index contributed by atoms with van der Waals surface area (Å²) in [6.07, 6.45) is 4.78. The number of piperazine rings is 1. The number of carbonyl (C=O) groups is 2. The minimum Gasteiger partial charge on any atom is -0.353 e. The molecule has 0 aromatic heterocycles. The molecule has 2 saturated heterocycles. The van der Waals surface area contributed by atoms with Crippen molar-refractivity contribution < 1.29 is 9.59 Å². The largest absolute Gasteiger partial charge is 0.353 e. The Morgan fingerprint density at radius 1 is 1.18 bits per heavy atom. The van der Waals surface area contributed by atoms with Gasteiger partial charge < -0.3 is 10.2 Å². The molecule has 22 heavy (non-hydrogen) atoms. The molecule has 1 aromatic carbocycles. The molecule has 0 bridgehead atoms. The third-order valence-electron chi connectivity index (χ3n) is 4.57. The van der Waals surface area contributed by atoms with Crippen LogP contribution in [0.25, 0.3) is 0 Å². The number of nitrogens with one attached hydrogen (secondary N) is 1. The van der Waals surface area contributed by atoms with E-state index >= 15 is 0 Å². The molecule has 1 N–H and O–H groups in total. The van der Waals surface area contributed by atoms with E-state index in [0.717, 1.165) is 18.7 Å². The maximum Gasteiger partial charge on any atom is 0.248 e. The van der Waals surface area contributed by atoms with Gasteiger partial charge in [-0.3, -0.25) is 14.5 Å². The molecule has 118 valence electrons. The van der Waals surface area contributed by atoms with Gasteiger partial charge in [-0.2, -0.15) is 0 Å². The normalized spacial score (nSPS) is 23.0. The Labute approximate surface area is 131 Å². The predicted molar refractivity (Wildman–Crippen MR) is 85.8 cm³/mol. The first-order valence-corrected chi connectivity index (χ1v) is 8.00. The molecule has 2 amide bonds. The number of hydrogen-bond acceptors (Lipinski definition) is 4. The maximum atomic E-state index is 11.8. The van der Waals surface area contributed by atoms with E-state index in [4.69, 9.17) is 0 Å². The van der Waals surface area contributed by atoms with Crippen LogP contribution in [0.5, 0.6) is 0 Å². The number of hydrogen-bond donors (Lipinski definition) is 1. The van der Waals surface area contributed by atoms with E-state index in [1.165, 1.54) is 29.7 Å². The van der Waals surface area contributed by atoms with Crippen molar-refractivity contribution in [2.75, 3.05) is 31.6 Å². The van der Waals surface area contributed by atoms with Gasteiger partial charge in [-0.05, 0) is 43.5 Å². The van der Waals surface area contributed by atoms with Crippen LogP contribution in [0.2, 0.25) is 0 Å². The summed E-state index contributed by atoms with van der Waals surface area (Å²) in [6.45, 7) is 1.65. The molecular formula is C17H23N3O2. The molecule has 1 unspecified atom stereocenters. The maximum absolute atomic E-state index is 11.8. The Morgan fingerprint density at radius 3 is 2.64 bits per heavy atom. The smallest absolute Gasteiger partial charge is 0.248 e. The van der Waals surface area contributed by atoms with Gasteiger partial charge in [-0.1, -0.05) is 18.6 Å². The topological polar surface area (TPSA) is 52.7 Å². The van der Waals surface area contributed by atoms with Gasteiger partial charge in [0, 0.05) is 18.8 Å². The fourth-order valence-corrected chi connectivity index (χ4v) is 3.18. The molecule has 1 aromatic rings. The Morgan fingerprint density at radius 2 is 1.95 bits per heavy atom. The second-order valence-electron chi connectivity index (χ2n) is 6.22. The zero-order valence-electron chi connectivity index (χ0n) is 13.0. The number of imide groups is 1. The first-order chi connectivity index (χ1) is 10.6. The molecule has 2 heterocycles. The lowest BCUT2D eigenvalue weighted by molar-refractivity contribution is -0.143. The minimum absolute atomic E-state index is 0.143. The summed E-state index contributed by atoms with van der Waals surface area (Å²) in [5.41, 5.74) is 2.22. The van der Waals surface area contributed by atoms with Crippen molar-refractivity contribution in [3.63, 3.8) is 0 Å². The summed E-state index contributed by atoms with van der Waals surface area (Å²) in [7, 11) is 1.55. The van der Waals surface area contributed by atoms with Crippen LogP contribution in [0.1, 0.15) is 24.8 Å². The molecule has 3 rings (SSSR count). The van der Waals surface area contributed by atoms with Crippen molar-refractivity contribution in [1.82, 2.24) is 10.2 Å². The second kappa shape index (κ2) is 6.48. The second-order valence-corrected chi connectivity index (χ2v) is 6.22. The molecule has 0 saturated carbocycles. The van der Waals surface area contributed by atoms with Crippen LogP contribution in [-0.4, -0.2) is 49.4 Å². The van der Waals surface area contributed by atoms with Gasteiger partial charge in [0.2, 0.25) is 11.8 Å². The van der Waals surface area contributed by atoms with Gasteiger partial charge in [0.05, 0.1) is 13.1 Å². The van der Waals surface area contributed by atoms with Crippen molar-refractivity contribution in [2.24, 2.45) is 0 Å². The van der Waals surface area contributed by atoms with Crippen molar-refractivity contribution in [3.8, 4) is 0 Å². The highest BCUT2D eigenvalue weighted by Gasteiger charge is 2.28. The van der Waals surface area contributed by atoms with E-state index < -0.39 is 0 Å². The van der Waals surface area contributed by atoms with Crippen molar-refractivity contribution >= 4 is 17.5 Å². The molecule has 2 aliphatic heterocycles. The molecule has 2 aliphatic rings. The molecule has 5 heteroatoms. The average molecular weight is 301 g/mol. The first kappa shape index (κ1) is 15.0. The summed E-state index contributed by atoms with van der Waals surface area (Å²) in [5, 5.41) is 3.56. The molecule has 5 nitrogen and oxygen atoms in total. The lowest BCUT2D eigenvalue weighted by Crippen LogP contribution is -2.52. The minimum atomic E-state index is -0.143. The lowest BCUT2D eigenvalue weighted by Gasteiger charge is -2.32. The monoisotopic (exact) mass is 301 g/mol. The Hall–Kier alpha value is -1.88. The van der Waals surface area contributed by atoms with Crippen molar-refractivity contribution in [2.45, 2.75) is 31.7 Å². The number of benzene rings is 1. The van der Waals surface area contributed by atoms with E-state index in [2.05, 4.69) is 17.4 Å². The molecule has 1 atom stereocenters. The lowest BCUT2D eigenvalue weighted by atomic mass is 9.97. The quantitative estimate of drug-likeness (QED) is 0.852. The summed E-state index contributed by atoms with van der Waals surface area (Å²) in [5.74, 6) is -0.286. The van der Waals surface area contributed by atoms with E-state index in [0.29, 0.717) is 6.04 Å². The summed E-state index contributed by atoms with van der Waals surface area (Å²) in [4.78, 5) is 26.8. The highest BCUT2D eigenvalue weighted by atomic mass is 16.2. The van der Waals surface area contributed by atoms with Crippen molar-refractivity contribution in [1.29, 1.82) is 0 Å². The molecule has 0 radical (unpaired) electrons. The Kier molecular flexibility index (Phi) is 4.43. The van der Waals surface area contributed by atoms with Gasteiger partial charge in [0.1, 0.15) is 0 Å². The third-order valence-corrected chi connectivity index (χ3v) is 4.57. The highest BCUT2D eigenvalue weighted by molar-refractivity contribution is 6.02. The number of piperidine rings is 1. The number of anilines is 1. The standard InChI is InChI=1S/C17H23N3O2/c1-19-16(21)11-20(12-17(19)22)15-7-4-5-13(10-15)9-14-6-2-3-8-18-14/h4-5,7,10,14,18H,2-3,6,8-9,11-12H2,1H3. The van der Waals surface area contributed by atoms with E-state index in [-0.39, 0.29) is 24.9 Å². The zero-order valence-corrected chi connectivity index (χ0v) is 13.0. The first-order valence-electron chi connectivity index (χ1n) is 8.00. The zero-order chi connectivity index (χ0) is 15.5.